The average molecular weight is 360 g/mol. The predicted octanol–water partition coefficient (Wildman–Crippen LogP) is 2.99. The van der Waals surface area contributed by atoms with Gasteiger partial charge < -0.3 is 9.67 Å². The number of nitrogens with zero attached hydrogens (tertiary/aromatic N) is 2. The van der Waals surface area contributed by atoms with Crippen molar-refractivity contribution in [3.05, 3.63) is 46.6 Å². The molecule has 0 aliphatic rings. The molecule has 0 radical (unpaired) electrons. The first-order valence-corrected chi connectivity index (χ1v) is 7.26. The SMILES string of the molecule is OC(CCn1ccnc1)Sc1ccc(I)cc1. The standard InChI is InChI=1S/C12H13IN2OS/c13-10-1-3-11(4-2-10)17-12(16)5-7-15-8-6-14-9-15/h1-4,6,8-9,12,16H,5,7H2. The molecule has 2 rings (SSSR count). The van der Waals surface area contributed by atoms with Crippen LogP contribution in [-0.4, -0.2) is 20.1 Å². The summed E-state index contributed by atoms with van der Waals surface area (Å²) in [6.07, 6.45) is 6.14. The van der Waals surface area contributed by atoms with Crippen molar-refractivity contribution in [2.75, 3.05) is 0 Å². The van der Waals surface area contributed by atoms with Gasteiger partial charge in [0.15, 0.2) is 0 Å². The van der Waals surface area contributed by atoms with Crippen LogP contribution < -0.4 is 0 Å². The highest BCUT2D eigenvalue weighted by Gasteiger charge is 2.06. The molecule has 5 heteroatoms. The Morgan fingerprint density at radius 3 is 2.76 bits per heavy atom. The lowest BCUT2D eigenvalue weighted by molar-refractivity contribution is 0.245. The van der Waals surface area contributed by atoms with Gasteiger partial charge >= 0.3 is 0 Å². The summed E-state index contributed by atoms with van der Waals surface area (Å²) in [4.78, 5) is 5.07. The van der Waals surface area contributed by atoms with E-state index in [1.165, 1.54) is 15.3 Å². The molecule has 3 nitrogen and oxygen atoms in total. The zero-order valence-corrected chi connectivity index (χ0v) is 12.1. The normalized spacial score (nSPS) is 12.6. The van der Waals surface area contributed by atoms with Crippen molar-refractivity contribution < 1.29 is 5.11 Å². The van der Waals surface area contributed by atoms with Gasteiger partial charge in [0.25, 0.3) is 0 Å². The number of aromatic nitrogens is 2. The first-order valence-electron chi connectivity index (χ1n) is 5.30. The molecule has 0 bridgehead atoms. The van der Waals surface area contributed by atoms with Crippen LogP contribution in [0.5, 0.6) is 0 Å². The van der Waals surface area contributed by atoms with Crippen molar-refractivity contribution in [2.45, 2.75) is 23.3 Å². The topological polar surface area (TPSA) is 38.0 Å². The Labute approximate surface area is 118 Å². The van der Waals surface area contributed by atoms with Gasteiger partial charge in [0, 0.05) is 33.8 Å². The summed E-state index contributed by atoms with van der Waals surface area (Å²) in [5.74, 6) is 0. The van der Waals surface area contributed by atoms with Gasteiger partial charge in [-0.2, -0.15) is 0 Å². The van der Waals surface area contributed by atoms with Crippen LogP contribution >= 0.6 is 34.4 Å². The average Bonchev–Trinajstić information content (AvgIpc) is 2.83. The molecule has 1 N–H and O–H groups in total. The molecule has 1 aromatic heterocycles. The largest absolute Gasteiger partial charge is 0.382 e. The van der Waals surface area contributed by atoms with Crippen LogP contribution in [0.1, 0.15) is 6.42 Å². The van der Waals surface area contributed by atoms with Gasteiger partial charge in [-0.05, 0) is 46.9 Å². The minimum Gasteiger partial charge on any atom is -0.382 e. The molecule has 0 fully saturated rings. The maximum atomic E-state index is 9.90. The highest BCUT2D eigenvalue weighted by atomic mass is 127. The fraction of sp³-hybridized carbons (Fsp3) is 0.250. The summed E-state index contributed by atoms with van der Waals surface area (Å²) in [5.41, 5.74) is -0.377. The second-order valence-corrected chi connectivity index (χ2v) is 6.11. The number of thioether (sulfide) groups is 1. The molecule has 17 heavy (non-hydrogen) atoms. The van der Waals surface area contributed by atoms with E-state index in [1.54, 1.807) is 12.5 Å². The maximum Gasteiger partial charge on any atom is 0.105 e. The third-order valence-corrected chi connectivity index (χ3v) is 4.05. The van der Waals surface area contributed by atoms with Crippen molar-refractivity contribution in [1.82, 2.24) is 9.55 Å². The Balaban J connectivity index is 1.80. The van der Waals surface area contributed by atoms with Crippen LogP contribution in [0.4, 0.5) is 0 Å². The summed E-state index contributed by atoms with van der Waals surface area (Å²) >= 11 is 3.76. The monoisotopic (exact) mass is 360 g/mol. The fourth-order valence-corrected chi connectivity index (χ4v) is 2.60. The van der Waals surface area contributed by atoms with E-state index in [0.717, 1.165) is 11.4 Å². The van der Waals surface area contributed by atoms with Gasteiger partial charge in [0.05, 0.1) is 6.33 Å². The molecule has 90 valence electrons. The zero-order valence-electron chi connectivity index (χ0n) is 9.16. The summed E-state index contributed by atoms with van der Waals surface area (Å²) in [6, 6.07) is 8.16. The lowest BCUT2D eigenvalue weighted by atomic mass is 10.4. The number of benzene rings is 1. The smallest absolute Gasteiger partial charge is 0.105 e. The Morgan fingerprint density at radius 2 is 2.12 bits per heavy atom. The molecule has 0 aliphatic heterocycles. The van der Waals surface area contributed by atoms with Gasteiger partial charge in [-0.3, -0.25) is 0 Å². The summed E-state index contributed by atoms with van der Waals surface area (Å²) in [6.45, 7) is 0.790. The number of rotatable bonds is 5. The van der Waals surface area contributed by atoms with Crippen molar-refractivity contribution in [2.24, 2.45) is 0 Å². The number of imidazole rings is 1. The van der Waals surface area contributed by atoms with Gasteiger partial charge in [-0.1, -0.05) is 11.8 Å². The molecule has 0 saturated carbocycles. The van der Waals surface area contributed by atoms with E-state index in [4.69, 9.17) is 0 Å². The Morgan fingerprint density at radius 1 is 1.35 bits per heavy atom. The van der Waals surface area contributed by atoms with Gasteiger partial charge in [0.1, 0.15) is 5.44 Å². The Kier molecular flexibility index (Phi) is 4.87. The van der Waals surface area contributed by atoms with Crippen LogP contribution in [0.15, 0.2) is 47.9 Å². The molecule has 1 heterocycles. The molecule has 0 saturated heterocycles. The van der Waals surface area contributed by atoms with E-state index >= 15 is 0 Å². The van der Waals surface area contributed by atoms with Crippen molar-refractivity contribution in [3.63, 3.8) is 0 Å². The van der Waals surface area contributed by atoms with Crippen molar-refractivity contribution in [3.8, 4) is 0 Å². The summed E-state index contributed by atoms with van der Waals surface area (Å²) < 4.78 is 3.18. The second-order valence-electron chi connectivity index (χ2n) is 3.62. The third kappa shape index (κ3) is 4.33. The number of halogens is 1. The highest BCUT2D eigenvalue weighted by molar-refractivity contribution is 14.1. The van der Waals surface area contributed by atoms with E-state index in [1.807, 2.05) is 35.0 Å². The quantitative estimate of drug-likeness (QED) is 0.506. The number of hydrogen-bond acceptors (Lipinski definition) is 3. The van der Waals surface area contributed by atoms with E-state index in [0.29, 0.717) is 6.42 Å². The van der Waals surface area contributed by atoms with E-state index < -0.39 is 0 Å². The number of hydrogen-bond donors (Lipinski definition) is 1. The van der Waals surface area contributed by atoms with Gasteiger partial charge in [-0.25, -0.2) is 4.98 Å². The van der Waals surface area contributed by atoms with Gasteiger partial charge in [0.2, 0.25) is 0 Å². The van der Waals surface area contributed by atoms with Crippen molar-refractivity contribution in [1.29, 1.82) is 0 Å². The molecule has 2 aromatic rings. The summed E-state index contributed by atoms with van der Waals surface area (Å²) in [5, 5.41) is 9.90. The highest BCUT2D eigenvalue weighted by Crippen LogP contribution is 2.24. The number of aliphatic hydroxyl groups excluding tert-OH is 1. The Bertz CT molecular complexity index is 444. The van der Waals surface area contributed by atoms with E-state index in [-0.39, 0.29) is 5.44 Å². The molecule has 1 atom stereocenters. The first-order chi connectivity index (χ1) is 8.24. The number of aliphatic hydroxyl groups is 1. The fourth-order valence-electron chi connectivity index (χ4n) is 1.41. The summed E-state index contributed by atoms with van der Waals surface area (Å²) in [7, 11) is 0. The molecular weight excluding hydrogens is 347 g/mol. The Hall–Kier alpha value is -0.530. The van der Waals surface area contributed by atoms with Crippen LogP contribution in [0, 0.1) is 3.57 Å². The molecule has 1 aromatic carbocycles. The van der Waals surface area contributed by atoms with Crippen LogP contribution in [0.25, 0.3) is 0 Å². The molecule has 0 spiro atoms. The maximum absolute atomic E-state index is 9.90. The predicted molar refractivity (Wildman–Crippen MR) is 77.9 cm³/mol. The van der Waals surface area contributed by atoms with Crippen LogP contribution in [-0.2, 0) is 6.54 Å². The van der Waals surface area contributed by atoms with Gasteiger partial charge in [-0.15, -0.1) is 0 Å². The lowest BCUT2D eigenvalue weighted by Crippen LogP contribution is -2.06. The van der Waals surface area contributed by atoms with Crippen LogP contribution in [0.3, 0.4) is 0 Å². The number of aryl methyl sites for hydroxylation is 1. The third-order valence-electron chi connectivity index (χ3n) is 2.28. The molecular formula is C12H13IN2OS. The molecule has 1 unspecified atom stereocenters. The minimum atomic E-state index is -0.377. The minimum absolute atomic E-state index is 0.377. The zero-order chi connectivity index (χ0) is 12.1. The molecule has 0 amide bonds. The van der Waals surface area contributed by atoms with E-state index in [2.05, 4.69) is 27.6 Å². The second kappa shape index (κ2) is 6.42. The first kappa shape index (κ1) is 12.9. The molecule has 0 aliphatic carbocycles. The van der Waals surface area contributed by atoms with Crippen molar-refractivity contribution >= 4 is 34.4 Å². The van der Waals surface area contributed by atoms with E-state index in [9.17, 15) is 5.11 Å². The van der Waals surface area contributed by atoms with Crippen LogP contribution in [0.2, 0.25) is 0 Å². The lowest BCUT2D eigenvalue weighted by Gasteiger charge is -2.10.